The molecule has 2 atom stereocenters. The monoisotopic (exact) mass is 249 g/mol. The van der Waals surface area contributed by atoms with Gasteiger partial charge < -0.3 is 19.5 Å². The van der Waals surface area contributed by atoms with Crippen LogP contribution in [0.25, 0.3) is 0 Å². The van der Waals surface area contributed by atoms with Crippen LogP contribution in [-0.4, -0.2) is 32.5 Å². The largest absolute Gasteiger partial charge is 0.468 e. The van der Waals surface area contributed by atoms with Gasteiger partial charge >= 0.3 is 5.97 Å². The highest BCUT2D eigenvalue weighted by Crippen LogP contribution is 2.37. The highest BCUT2D eigenvalue weighted by molar-refractivity contribution is 5.77. The number of hydrogen-bond acceptors (Lipinski definition) is 5. The molecule has 2 aliphatic heterocycles. The van der Waals surface area contributed by atoms with Gasteiger partial charge in [0, 0.05) is 5.92 Å². The van der Waals surface area contributed by atoms with Gasteiger partial charge in [-0.15, -0.1) is 0 Å². The Morgan fingerprint density at radius 2 is 2.22 bits per heavy atom. The second-order valence-corrected chi connectivity index (χ2v) is 4.46. The fourth-order valence-electron chi connectivity index (χ4n) is 2.58. The van der Waals surface area contributed by atoms with Crippen LogP contribution in [0.1, 0.15) is 17.9 Å². The topological polar surface area (TPSA) is 56.8 Å². The number of ether oxygens (including phenoxy) is 3. The van der Waals surface area contributed by atoms with E-state index in [-0.39, 0.29) is 24.7 Å². The van der Waals surface area contributed by atoms with Crippen LogP contribution in [0.3, 0.4) is 0 Å². The van der Waals surface area contributed by atoms with E-state index < -0.39 is 0 Å². The van der Waals surface area contributed by atoms with Crippen LogP contribution in [0.4, 0.5) is 0 Å². The van der Waals surface area contributed by atoms with E-state index >= 15 is 0 Å². The molecule has 0 amide bonds. The zero-order valence-electron chi connectivity index (χ0n) is 10.1. The summed E-state index contributed by atoms with van der Waals surface area (Å²) in [5, 5.41) is 3.18. The van der Waals surface area contributed by atoms with Crippen LogP contribution in [-0.2, 0) is 9.53 Å². The summed E-state index contributed by atoms with van der Waals surface area (Å²) in [6.45, 7) is 1.08. The predicted molar refractivity (Wildman–Crippen MR) is 63.7 cm³/mol. The highest BCUT2D eigenvalue weighted by Gasteiger charge is 2.35. The van der Waals surface area contributed by atoms with E-state index in [1.165, 1.54) is 7.11 Å². The van der Waals surface area contributed by atoms with Gasteiger partial charge in [0.2, 0.25) is 6.79 Å². The molecule has 0 radical (unpaired) electrons. The van der Waals surface area contributed by atoms with Crippen molar-refractivity contribution in [2.24, 2.45) is 0 Å². The van der Waals surface area contributed by atoms with Gasteiger partial charge in [-0.05, 0) is 30.7 Å². The summed E-state index contributed by atoms with van der Waals surface area (Å²) >= 11 is 0. The van der Waals surface area contributed by atoms with Crippen LogP contribution >= 0.6 is 0 Å². The standard InChI is InChI=1S/C13H15NO4/c1-16-13(15)12-9(4-5-14-12)8-2-3-10-11(6-8)18-7-17-10/h2-3,6,9,12,14H,4-5,7H2,1H3/t9-,12-/m1/s1. The Morgan fingerprint density at radius 3 is 3.06 bits per heavy atom. The third-order valence-corrected chi connectivity index (χ3v) is 3.50. The van der Waals surface area contributed by atoms with Gasteiger partial charge in [0.15, 0.2) is 11.5 Å². The third kappa shape index (κ3) is 1.80. The highest BCUT2D eigenvalue weighted by atomic mass is 16.7. The molecular weight excluding hydrogens is 234 g/mol. The Kier molecular flexibility index (Phi) is 2.83. The molecule has 1 fully saturated rings. The van der Waals surface area contributed by atoms with E-state index in [1.54, 1.807) is 0 Å². The number of hydrogen-bond donors (Lipinski definition) is 1. The molecule has 2 aliphatic rings. The molecule has 1 aromatic carbocycles. The van der Waals surface area contributed by atoms with Gasteiger partial charge in [0.1, 0.15) is 6.04 Å². The van der Waals surface area contributed by atoms with Crippen molar-refractivity contribution in [1.82, 2.24) is 5.32 Å². The first-order valence-electron chi connectivity index (χ1n) is 6.00. The molecule has 0 unspecified atom stereocenters. The van der Waals surface area contributed by atoms with Crippen molar-refractivity contribution in [2.45, 2.75) is 18.4 Å². The molecule has 0 saturated carbocycles. The molecule has 2 heterocycles. The lowest BCUT2D eigenvalue weighted by atomic mass is 9.91. The lowest BCUT2D eigenvalue weighted by Gasteiger charge is -2.17. The quantitative estimate of drug-likeness (QED) is 0.793. The summed E-state index contributed by atoms with van der Waals surface area (Å²) in [7, 11) is 1.42. The van der Waals surface area contributed by atoms with Crippen LogP contribution in [0, 0.1) is 0 Å². The van der Waals surface area contributed by atoms with E-state index in [2.05, 4.69) is 5.32 Å². The predicted octanol–water partition coefficient (Wildman–Crippen LogP) is 1.03. The second-order valence-electron chi connectivity index (χ2n) is 4.46. The van der Waals surface area contributed by atoms with E-state index in [9.17, 15) is 4.79 Å². The van der Waals surface area contributed by atoms with Crippen molar-refractivity contribution in [2.75, 3.05) is 20.4 Å². The summed E-state index contributed by atoms with van der Waals surface area (Å²) in [5.74, 6) is 1.43. The first-order chi connectivity index (χ1) is 8.79. The van der Waals surface area contributed by atoms with Crippen LogP contribution in [0.2, 0.25) is 0 Å². The average Bonchev–Trinajstić information content (AvgIpc) is 3.05. The minimum Gasteiger partial charge on any atom is -0.468 e. The molecule has 0 bridgehead atoms. The maximum atomic E-state index is 11.7. The fraction of sp³-hybridized carbons (Fsp3) is 0.462. The van der Waals surface area contributed by atoms with Crippen molar-refractivity contribution in [1.29, 1.82) is 0 Å². The normalized spacial score (nSPS) is 25.2. The van der Waals surface area contributed by atoms with Crippen LogP contribution in [0.5, 0.6) is 11.5 Å². The van der Waals surface area contributed by atoms with Gasteiger partial charge in [0.25, 0.3) is 0 Å². The first-order valence-corrected chi connectivity index (χ1v) is 6.00. The Bertz CT molecular complexity index is 474. The molecule has 1 N–H and O–H groups in total. The van der Waals surface area contributed by atoms with Gasteiger partial charge in [-0.1, -0.05) is 6.07 Å². The number of benzene rings is 1. The number of esters is 1. The molecule has 1 saturated heterocycles. The van der Waals surface area contributed by atoms with E-state index in [4.69, 9.17) is 14.2 Å². The molecule has 3 rings (SSSR count). The van der Waals surface area contributed by atoms with E-state index in [0.29, 0.717) is 0 Å². The van der Waals surface area contributed by atoms with E-state index in [1.807, 2.05) is 18.2 Å². The zero-order chi connectivity index (χ0) is 12.5. The molecule has 0 spiro atoms. The summed E-state index contributed by atoms with van der Waals surface area (Å²) in [6, 6.07) is 5.57. The minimum atomic E-state index is -0.268. The van der Waals surface area contributed by atoms with Crippen molar-refractivity contribution in [3.8, 4) is 11.5 Å². The molecular formula is C13H15NO4. The fourth-order valence-corrected chi connectivity index (χ4v) is 2.58. The lowest BCUT2D eigenvalue weighted by Crippen LogP contribution is -2.35. The molecule has 0 aromatic heterocycles. The summed E-state index contributed by atoms with van der Waals surface area (Å²) in [5.41, 5.74) is 1.08. The van der Waals surface area contributed by atoms with Crippen LogP contribution < -0.4 is 14.8 Å². The van der Waals surface area contributed by atoms with Crippen molar-refractivity contribution in [3.63, 3.8) is 0 Å². The smallest absolute Gasteiger partial charge is 0.323 e. The molecule has 1 aromatic rings. The number of carbonyl (C=O) groups is 1. The summed E-state index contributed by atoms with van der Waals surface area (Å²) in [4.78, 5) is 11.7. The Balaban J connectivity index is 1.87. The molecule has 18 heavy (non-hydrogen) atoms. The zero-order valence-corrected chi connectivity index (χ0v) is 10.1. The van der Waals surface area contributed by atoms with Crippen molar-refractivity contribution < 1.29 is 19.0 Å². The maximum Gasteiger partial charge on any atom is 0.323 e. The first kappa shape index (κ1) is 11.3. The number of carbonyl (C=O) groups excluding carboxylic acids is 1. The minimum absolute atomic E-state index is 0.131. The molecule has 5 nitrogen and oxygen atoms in total. The Labute approximate surface area is 105 Å². The third-order valence-electron chi connectivity index (χ3n) is 3.50. The molecule has 5 heteroatoms. The van der Waals surface area contributed by atoms with Crippen molar-refractivity contribution >= 4 is 5.97 Å². The second kappa shape index (κ2) is 4.49. The van der Waals surface area contributed by atoms with Crippen molar-refractivity contribution in [3.05, 3.63) is 23.8 Å². The van der Waals surface area contributed by atoms with Gasteiger partial charge in [-0.3, -0.25) is 4.79 Å². The summed E-state index contributed by atoms with van der Waals surface area (Å²) in [6.07, 6.45) is 0.916. The van der Waals surface area contributed by atoms with Gasteiger partial charge in [0.05, 0.1) is 7.11 Å². The van der Waals surface area contributed by atoms with Gasteiger partial charge in [-0.2, -0.15) is 0 Å². The maximum absolute atomic E-state index is 11.7. The number of nitrogens with one attached hydrogen (secondary N) is 1. The van der Waals surface area contributed by atoms with E-state index in [0.717, 1.165) is 30.0 Å². The van der Waals surface area contributed by atoms with Gasteiger partial charge in [-0.25, -0.2) is 0 Å². The molecule has 96 valence electrons. The van der Waals surface area contributed by atoms with Crippen LogP contribution in [0.15, 0.2) is 18.2 Å². The SMILES string of the molecule is COC(=O)[C@@H]1NCC[C@@H]1c1ccc2c(c1)OCO2. The number of rotatable bonds is 2. The average molecular weight is 249 g/mol. The molecule has 0 aliphatic carbocycles. The summed E-state index contributed by atoms with van der Waals surface area (Å²) < 4.78 is 15.5. The number of fused-ring (bicyclic) bond motifs is 1. The Morgan fingerprint density at radius 1 is 1.39 bits per heavy atom. The lowest BCUT2D eigenvalue weighted by molar-refractivity contribution is -0.143. The number of methoxy groups -OCH3 is 1. The Hall–Kier alpha value is -1.75.